The summed E-state index contributed by atoms with van der Waals surface area (Å²) in [5.41, 5.74) is 2.32. The molecule has 4 nitrogen and oxygen atoms in total. The molecule has 0 aromatic carbocycles. The average Bonchev–Trinajstić information content (AvgIpc) is 2.62. The molecular weight excluding hydrogens is 272 g/mol. The molecule has 1 aliphatic rings. The highest BCUT2D eigenvalue weighted by Gasteiger charge is 2.25. The molecule has 1 saturated heterocycles. The van der Waals surface area contributed by atoms with Gasteiger partial charge in [0, 0.05) is 50.7 Å². The second kappa shape index (κ2) is 6.99. The van der Waals surface area contributed by atoms with Crippen molar-refractivity contribution in [1.29, 1.82) is 0 Å². The lowest BCUT2D eigenvalue weighted by atomic mass is 10.1. The number of piperazine rings is 1. The van der Waals surface area contributed by atoms with Crippen LogP contribution in [0.3, 0.4) is 0 Å². The second-order valence-corrected chi connectivity index (χ2v) is 5.93. The molecule has 0 amide bonds. The van der Waals surface area contributed by atoms with Crippen LogP contribution < -0.4 is 0 Å². The molecule has 2 aromatic rings. The summed E-state index contributed by atoms with van der Waals surface area (Å²) < 4.78 is 0. The molecule has 1 aliphatic heterocycles. The van der Waals surface area contributed by atoms with Crippen molar-refractivity contribution in [2.24, 2.45) is 0 Å². The molecule has 0 saturated carbocycles. The Labute approximate surface area is 132 Å². The maximum atomic E-state index is 4.49. The molecule has 0 aliphatic carbocycles. The van der Waals surface area contributed by atoms with Crippen molar-refractivity contribution >= 4 is 0 Å². The van der Waals surface area contributed by atoms with Crippen molar-refractivity contribution in [2.45, 2.75) is 25.9 Å². The third kappa shape index (κ3) is 3.34. The van der Waals surface area contributed by atoms with E-state index in [4.69, 9.17) is 0 Å². The highest BCUT2D eigenvalue weighted by Crippen LogP contribution is 2.24. The summed E-state index contributed by atoms with van der Waals surface area (Å²) in [6, 6.07) is 13.1. The van der Waals surface area contributed by atoms with Gasteiger partial charge in [-0.15, -0.1) is 0 Å². The lowest BCUT2D eigenvalue weighted by Crippen LogP contribution is -2.48. The van der Waals surface area contributed by atoms with Crippen molar-refractivity contribution in [3.8, 4) is 0 Å². The van der Waals surface area contributed by atoms with Crippen molar-refractivity contribution in [2.75, 3.05) is 26.2 Å². The number of nitrogens with zero attached hydrogens (tertiary/aromatic N) is 4. The average molecular weight is 296 g/mol. The molecular formula is C18H24N4. The van der Waals surface area contributed by atoms with E-state index in [0.717, 1.165) is 37.6 Å². The van der Waals surface area contributed by atoms with Gasteiger partial charge in [-0.1, -0.05) is 12.1 Å². The van der Waals surface area contributed by atoms with Gasteiger partial charge in [0.15, 0.2) is 0 Å². The summed E-state index contributed by atoms with van der Waals surface area (Å²) in [5, 5.41) is 0. The molecule has 0 spiro atoms. The van der Waals surface area contributed by atoms with Gasteiger partial charge in [-0.05, 0) is 38.1 Å². The first-order chi connectivity index (χ1) is 10.8. The molecule has 4 heteroatoms. The summed E-state index contributed by atoms with van der Waals surface area (Å²) in [6.07, 6.45) is 3.76. The fourth-order valence-corrected chi connectivity index (χ4v) is 3.13. The van der Waals surface area contributed by atoms with Crippen molar-refractivity contribution < 1.29 is 0 Å². The van der Waals surface area contributed by atoms with E-state index in [1.54, 1.807) is 0 Å². The van der Waals surface area contributed by atoms with Gasteiger partial charge in [0.25, 0.3) is 0 Å². The first-order valence-electron chi connectivity index (χ1n) is 8.05. The zero-order valence-corrected chi connectivity index (χ0v) is 13.4. The van der Waals surface area contributed by atoms with Crippen LogP contribution in [0.4, 0.5) is 0 Å². The summed E-state index contributed by atoms with van der Waals surface area (Å²) in [5.74, 6) is 0. The Morgan fingerprint density at radius 3 is 1.45 bits per heavy atom. The maximum Gasteiger partial charge on any atom is 0.0572 e. The fraction of sp³-hybridized carbons (Fsp3) is 0.444. The summed E-state index contributed by atoms with van der Waals surface area (Å²) in [7, 11) is 0. The lowest BCUT2D eigenvalue weighted by Gasteiger charge is -2.40. The Bertz CT molecular complexity index is 511. The van der Waals surface area contributed by atoms with Crippen molar-refractivity contribution in [3.63, 3.8) is 0 Å². The SMILES string of the molecule is C[C@H](c1ccccn1)N1CCN([C@@H](C)c2ccccn2)CC1. The molecule has 0 bridgehead atoms. The van der Waals surface area contributed by atoms with Gasteiger partial charge in [0.2, 0.25) is 0 Å². The molecule has 3 heterocycles. The third-order valence-electron chi connectivity index (χ3n) is 4.68. The van der Waals surface area contributed by atoms with E-state index < -0.39 is 0 Å². The predicted octanol–water partition coefficient (Wildman–Crippen LogP) is 2.92. The standard InChI is InChI=1S/C18H24N4/c1-15(17-7-3-5-9-19-17)21-11-13-22(14-12-21)16(2)18-8-4-6-10-20-18/h3-10,15-16H,11-14H2,1-2H3/t15-,16+. The lowest BCUT2D eigenvalue weighted by molar-refractivity contribution is 0.0759. The summed E-state index contributed by atoms with van der Waals surface area (Å²) in [6.45, 7) is 8.81. The zero-order chi connectivity index (χ0) is 15.4. The van der Waals surface area contributed by atoms with Gasteiger partial charge >= 0.3 is 0 Å². The number of rotatable bonds is 4. The smallest absolute Gasteiger partial charge is 0.0572 e. The predicted molar refractivity (Wildman–Crippen MR) is 88.5 cm³/mol. The summed E-state index contributed by atoms with van der Waals surface area (Å²) >= 11 is 0. The monoisotopic (exact) mass is 296 g/mol. The quantitative estimate of drug-likeness (QED) is 0.868. The maximum absolute atomic E-state index is 4.49. The van der Waals surface area contributed by atoms with Crippen LogP contribution in [0.5, 0.6) is 0 Å². The summed E-state index contributed by atoms with van der Waals surface area (Å²) in [4.78, 5) is 14.0. The number of aromatic nitrogens is 2. The van der Waals surface area contributed by atoms with E-state index in [-0.39, 0.29) is 0 Å². The van der Waals surface area contributed by atoms with E-state index in [1.165, 1.54) is 0 Å². The third-order valence-corrected chi connectivity index (χ3v) is 4.68. The first-order valence-corrected chi connectivity index (χ1v) is 8.05. The number of pyridine rings is 2. The molecule has 0 unspecified atom stereocenters. The van der Waals surface area contributed by atoms with Gasteiger partial charge in [0.05, 0.1) is 11.4 Å². The minimum absolute atomic E-state index is 0.383. The largest absolute Gasteiger partial charge is 0.293 e. The fourth-order valence-electron chi connectivity index (χ4n) is 3.13. The number of hydrogen-bond acceptors (Lipinski definition) is 4. The normalized spacial score (nSPS) is 19.7. The zero-order valence-electron chi connectivity index (χ0n) is 13.4. The molecule has 0 radical (unpaired) electrons. The van der Waals surface area contributed by atoms with E-state index in [9.17, 15) is 0 Å². The highest BCUT2D eigenvalue weighted by atomic mass is 15.3. The Morgan fingerprint density at radius 2 is 1.14 bits per heavy atom. The van der Waals surface area contributed by atoms with Crippen LogP contribution in [-0.4, -0.2) is 45.9 Å². The Hall–Kier alpha value is -1.78. The Morgan fingerprint density at radius 1 is 0.727 bits per heavy atom. The molecule has 2 atom stereocenters. The Balaban J connectivity index is 1.58. The molecule has 1 fully saturated rings. The van der Waals surface area contributed by atoms with E-state index in [2.05, 4.69) is 57.9 Å². The molecule has 116 valence electrons. The molecule has 2 aromatic heterocycles. The molecule has 0 N–H and O–H groups in total. The van der Waals surface area contributed by atoms with Crippen LogP contribution in [0.2, 0.25) is 0 Å². The van der Waals surface area contributed by atoms with E-state index in [0.29, 0.717) is 12.1 Å². The van der Waals surface area contributed by atoms with Gasteiger partial charge in [-0.25, -0.2) is 0 Å². The van der Waals surface area contributed by atoms with Gasteiger partial charge < -0.3 is 0 Å². The first kappa shape index (κ1) is 15.1. The highest BCUT2D eigenvalue weighted by molar-refractivity contribution is 5.10. The van der Waals surface area contributed by atoms with Gasteiger partial charge in [-0.2, -0.15) is 0 Å². The van der Waals surface area contributed by atoms with Crippen molar-refractivity contribution in [3.05, 3.63) is 60.2 Å². The van der Waals surface area contributed by atoms with Crippen LogP contribution in [0.15, 0.2) is 48.8 Å². The van der Waals surface area contributed by atoms with Crippen LogP contribution in [-0.2, 0) is 0 Å². The van der Waals surface area contributed by atoms with Gasteiger partial charge in [0.1, 0.15) is 0 Å². The topological polar surface area (TPSA) is 32.3 Å². The van der Waals surface area contributed by atoms with Gasteiger partial charge in [-0.3, -0.25) is 19.8 Å². The van der Waals surface area contributed by atoms with Crippen LogP contribution in [0.25, 0.3) is 0 Å². The minimum Gasteiger partial charge on any atom is -0.293 e. The Kier molecular flexibility index (Phi) is 4.80. The van der Waals surface area contributed by atoms with E-state index >= 15 is 0 Å². The second-order valence-electron chi connectivity index (χ2n) is 5.93. The molecule has 3 rings (SSSR count). The number of hydrogen-bond donors (Lipinski definition) is 0. The van der Waals surface area contributed by atoms with Crippen molar-refractivity contribution in [1.82, 2.24) is 19.8 Å². The minimum atomic E-state index is 0.383. The van der Waals surface area contributed by atoms with Crippen LogP contribution >= 0.6 is 0 Å². The van der Waals surface area contributed by atoms with E-state index in [1.807, 2.05) is 24.5 Å². The van der Waals surface area contributed by atoms with Crippen LogP contribution in [0.1, 0.15) is 37.3 Å². The van der Waals surface area contributed by atoms with Crippen LogP contribution in [0, 0.1) is 0 Å². The molecule has 22 heavy (non-hydrogen) atoms.